The van der Waals surface area contributed by atoms with Crippen molar-refractivity contribution in [2.24, 2.45) is 10.9 Å². The first-order valence-corrected chi connectivity index (χ1v) is 10.5. The second-order valence-electron chi connectivity index (χ2n) is 7.75. The van der Waals surface area contributed by atoms with Gasteiger partial charge < -0.3 is 20.3 Å². The van der Waals surface area contributed by atoms with E-state index >= 15 is 0 Å². The van der Waals surface area contributed by atoms with E-state index in [0.717, 1.165) is 32.1 Å². The third-order valence-corrected chi connectivity index (χ3v) is 5.50. The van der Waals surface area contributed by atoms with Crippen LogP contribution in [0.4, 0.5) is 13.2 Å². The van der Waals surface area contributed by atoms with Crippen molar-refractivity contribution in [1.29, 1.82) is 0 Å². The van der Waals surface area contributed by atoms with Crippen molar-refractivity contribution in [3.63, 3.8) is 0 Å². The van der Waals surface area contributed by atoms with Crippen LogP contribution in [0.2, 0.25) is 0 Å². The van der Waals surface area contributed by atoms with Crippen LogP contribution in [0.3, 0.4) is 0 Å². The Morgan fingerprint density at radius 2 is 1.94 bits per heavy atom. The summed E-state index contributed by atoms with van der Waals surface area (Å²) in [5.41, 5.74) is 0.344. The number of nitrogens with zero attached hydrogens (tertiary/aromatic N) is 2. The summed E-state index contributed by atoms with van der Waals surface area (Å²) in [6.07, 6.45) is 0.289. The van der Waals surface area contributed by atoms with Gasteiger partial charge in [-0.05, 0) is 32.3 Å². The van der Waals surface area contributed by atoms with Gasteiger partial charge in [-0.25, -0.2) is 4.99 Å². The number of rotatable bonds is 6. The number of carbonyl (C=O) groups is 1. The summed E-state index contributed by atoms with van der Waals surface area (Å²) < 4.78 is 41.9. The number of para-hydroxylation sites is 1. The molecule has 0 spiro atoms. The van der Waals surface area contributed by atoms with E-state index in [4.69, 9.17) is 0 Å². The predicted molar refractivity (Wildman–Crippen MR) is 123 cm³/mol. The van der Waals surface area contributed by atoms with Gasteiger partial charge in [0.15, 0.2) is 5.96 Å². The molecule has 1 aliphatic heterocycles. The minimum Gasteiger partial charge on any atom is -0.405 e. The Hall–Kier alpha value is -1.72. The zero-order valence-electron chi connectivity index (χ0n) is 17.6. The maximum atomic E-state index is 12.6. The van der Waals surface area contributed by atoms with Crippen LogP contribution in [0.25, 0.3) is 0 Å². The van der Waals surface area contributed by atoms with Crippen molar-refractivity contribution in [2.45, 2.75) is 58.0 Å². The Morgan fingerprint density at radius 1 is 1.23 bits per heavy atom. The van der Waals surface area contributed by atoms with Crippen molar-refractivity contribution in [3.05, 3.63) is 29.8 Å². The van der Waals surface area contributed by atoms with Gasteiger partial charge in [-0.1, -0.05) is 31.0 Å². The molecule has 1 heterocycles. The Labute approximate surface area is 198 Å². The summed E-state index contributed by atoms with van der Waals surface area (Å²) in [6, 6.07) is 6.05. The van der Waals surface area contributed by atoms with Crippen molar-refractivity contribution in [3.8, 4) is 5.75 Å². The van der Waals surface area contributed by atoms with Crippen LogP contribution < -0.4 is 15.4 Å². The molecule has 1 saturated carbocycles. The maximum Gasteiger partial charge on any atom is 0.573 e. The lowest BCUT2D eigenvalue weighted by molar-refractivity contribution is -0.274. The molecule has 1 aromatic carbocycles. The number of carbonyl (C=O) groups excluding carboxylic acids is 1. The number of hydrogen-bond acceptors (Lipinski definition) is 3. The largest absolute Gasteiger partial charge is 0.573 e. The van der Waals surface area contributed by atoms with E-state index in [0.29, 0.717) is 31.2 Å². The molecule has 10 heteroatoms. The number of alkyl halides is 3. The molecular weight excluding hydrogens is 524 g/mol. The molecule has 0 aromatic heterocycles. The number of aliphatic imine (C=N–C) groups is 1. The topological polar surface area (TPSA) is 66.0 Å². The van der Waals surface area contributed by atoms with Gasteiger partial charge in [0.25, 0.3) is 0 Å². The molecule has 31 heavy (non-hydrogen) atoms. The zero-order valence-corrected chi connectivity index (χ0v) is 19.9. The van der Waals surface area contributed by atoms with E-state index < -0.39 is 6.36 Å². The fourth-order valence-electron chi connectivity index (χ4n) is 4.05. The highest BCUT2D eigenvalue weighted by Crippen LogP contribution is 2.28. The molecule has 2 fully saturated rings. The monoisotopic (exact) mass is 554 g/mol. The van der Waals surface area contributed by atoms with Gasteiger partial charge in [0.1, 0.15) is 5.75 Å². The van der Waals surface area contributed by atoms with Crippen LogP contribution >= 0.6 is 24.0 Å². The molecule has 1 amide bonds. The molecule has 1 atom stereocenters. The SMILES string of the molecule is CCNC(=NCc1ccccc1OC(F)(F)F)NC1CCN(C(=O)C2CCCC2)C1.I. The lowest BCUT2D eigenvalue weighted by atomic mass is 10.1. The zero-order chi connectivity index (χ0) is 21.6. The van der Waals surface area contributed by atoms with E-state index in [1.165, 1.54) is 12.1 Å². The average molecular weight is 554 g/mol. The van der Waals surface area contributed by atoms with E-state index in [2.05, 4.69) is 20.4 Å². The van der Waals surface area contributed by atoms with Crippen molar-refractivity contribution < 1.29 is 22.7 Å². The Balaban J connectivity index is 0.00000341. The second kappa shape index (κ2) is 11.8. The van der Waals surface area contributed by atoms with Crippen molar-refractivity contribution in [2.75, 3.05) is 19.6 Å². The van der Waals surface area contributed by atoms with Gasteiger partial charge in [0.05, 0.1) is 6.54 Å². The smallest absolute Gasteiger partial charge is 0.405 e. The molecule has 0 bridgehead atoms. The van der Waals surface area contributed by atoms with E-state index in [9.17, 15) is 18.0 Å². The van der Waals surface area contributed by atoms with E-state index in [-0.39, 0.29) is 54.1 Å². The Morgan fingerprint density at radius 3 is 2.61 bits per heavy atom. The number of likely N-dealkylation sites (tertiary alicyclic amines) is 1. The summed E-state index contributed by atoms with van der Waals surface area (Å²) in [5, 5.41) is 6.43. The average Bonchev–Trinajstić information content (AvgIpc) is 3.38. The van der Waals surface area contributed by atoms with Crippen molar-refractivity contribution >= 4 is 35.8 Å². The van der Waals surface area contributed by atoms with Crippen LogP contribution in [0.1, 0.15) is 44.6 Å². The lowest BCUT2D eigenvalue weighted by Crippen LogP contribution is -2.45. The van der Waals surface area contributed by atoms with Crippen molar-refractivity contribution in [1.82, 2.24) is 15.5 Å². The van der Waals surface area contributed by atoms with Crippen LogP contribution in [-0.4, -0.2) is 48.8 Å². The third-order valence-electron chi connectivity index (χ3n) is 5.50. The molecule has 1 saturated heterocycles. The van der Waals surface area contributed by atoms with Crippen LogP contribution in [0.15, 0.2) is 29.3 Å². The first-order chi connectivity index (χ1) is 14.4. The number of amides is 1. The minimum absolute atomic E-state index is 0. The normalized spacial score (nSPS) is 19.8. The summed E-state index contributed by atoms with van der Waals surface area (Å²) >= 11 is 0. The Kier molecular flexibility index (Phi) is 9.70. The Bertz CT molecular complexity index is 754. The van der Waals surface area contributed by atoms with Crippen LogP contribution in [0.5, 0.6) is 5.75 Å². The number of benzene rings is 1. The van der Waals surface area contributed by atoms with Gasteiger partial charge >= 0.3 is 6.36 Å². The molecule has 1 aliphatic carbocycles. The number of ether oxygens (including phenoxy) is 1. The first-order valence-electron chi connectivity index (χ1n) is 10.5. The highest BCUT2D eigenvalue weighted by Gasteiger charge is 2.33. The second-order valence-corrected chi connectivity index (χ2v) is 7.75. The summed E-state index contributed by atoms with van der Waals surface area (Å²) in [7, 11) is 0. The molecule has 6 nitrogen and oxygen atoms in total. The molecule has 3 rings (SSSR count). The number of hydrogen-bond donors (Lipinski definition) is 2. The summed E-state index contributed by atoms with van der Waals surface area (Å²) in [4.78, 5) is 19.0. The highest BCUT2D eigenvalue weighted by molar-refractivity contribution is 14.0. The van der Waals surface area contributed by atoms with E-state index in [1.807, 2.05) is 11.8 Å². The number of halogens is 4. The number of nitrogens with one attached hydrogen (secondary N) is 2. The fraction of sp³-hybridized carbons (Fsp3) is 0.619. The highest BCUT2D eigenvalue weighted by atomic mass is 127. The minimum atomic E-state index is -4.75. The van der Waals surface area contributed by atoms with E-state index in [1.54, 1.807) is 12.1 Å². The van der Waals surface area contributed by atoms with Gasteiger partial charge in [-0.15, -0.1) is 37.1 Å². The van der Waals surface area contributed by atoms with Gasteiger partial charge in [-0.2, -0.15) is 0 Å². The standard InChI is InChI=1S/C21H29F3N4O2.HI/c1-2-25-20(26-13-16-9-5-6-10-18(16)30-21(22,23)24)27-17-11-12-28(14-17)19(29)15-7-3-4-8-15;/h5-6,9-10,15,17H,2-4,7-8,11-14H2,1H3,(H2,25,26,27);1H. The fourth-order valence-corrected chi connectivity index (χ4v) is 4.05. The lowest BCUT2D eigenvalue weighted by Gasteiger charge is -2.21. The molecule has 174 valence electrons. The summed E-state index contributed by atoms with van der Waals surface area (Å²) in [6.45, 7) is 3.91. The predicted octanol–water partition coefficient (Wildman–Crippen LogP) is 4.05. The quantitative estimate of drug-likeness (QED) is 0.317. The summed E-state index contributed by atoms with van der Waals surface area (Å²) in [5.74, 6) is 0.672. The van der Waals surface area contributed by atoms with Crippen LogP contribution in [0, 0.1) is 5.92 Å². The molecule has 1 aromatic rings. The molecular formula is C21H30F3IN4O2. The molecule has 2 aliphatic rings. The van der Waals surface area contributed by atoms with Gasteiger partial charge in [-0.3, -0.25) is 4.79 Å². The third kappa shape index (κ3) is 7.73. The molecule has 2 N–H and O–H groups in total. The first kappa shape index (κ1) is 25.5. The molecule has 0 radical (unpaired) electrons. The van der Waals surface area contributed by atoms with Crippen LogP contribution in [-0.2, 0) is 11.3 Å². The van der Waals surface area contributed by atoms with Gasteiger partial charge in [0, 0.05) is 37.2 Å². The number of guanidine groups is 1. The van der Waals surface area contributed by atoms with Gasteiger partial charge in [0.2, 0.25) is 5.91 Å². The maximum absolute atomic E-state index is 12.6. The molecule has 1 unspecified atom stereocenters.